The molecule has 0 aromatic heterocycles. The fourth-order valence-electron chi connectivity index (χ4n) is 6.68. The van der Waals surface area contributed by atoms with Gasteiger partial charge in [0.2, 0.25) is 0 Å². The number of carbonyl (C=O) groups is 3. The number of anilines is 1. The number of ether oxygens (including phenoxy) is 1. The monoisotopic (exact) mass is 554 g/mol. The van der Waals surface area contributed by atoms with Crippen molar-refractivity contribution in [2.45, 2.75) is 79.6 Å². The minimum absolute atomic E-state index is 0.0958. The molecule has 1 heterocycles. The van der Waals surface area contributed by atoms with Crippen molar-refractivity contribution in [1.29, 1.82) is 0 Å². The molecule has 0 bridgehead atoms. The van der Waals surface area contributed by atoms with Crippen LogP contribution < -0.4 is 10.1 Å². The minimum atomic E-state index is -0.503. The zero-order valence-electron chi connectivity index (χ0n) is 25.2. The van der Waals surface area contributed by atoms with E-state index in [4.69, 9.17) is 4.74 Å². The van der Waals surface area contributed by atoms with Crippen LogP contribution in [0.1, 0.15) is 83.8 Å². The number of amides is 1. The van der Waals surface area contributed by atoms with Crippen molar-refractivity contribution in [2.24, 2.45) is 10.8 Å². The number of aryl methyl sites for hydroxylation is 1. The Kier molecular flexibility index (Phi) is 7.71. The highest BCUT2D eigenvalue weighted by Gasteiger charge is 2.49. The average Bonchev–Trinajstić information content (AvgIpc) is 2.88. The van der Waals surface area contributed by atoms with Crippen molar-refractivity contribution in [1.82, 2.24) is 4.90 Å². The second kappa shape index (κ2) is 11.0. The van der Waals surface area contributed by atoms with E-state index >= 15 is 0 Å². The van der Waals surface area contributed by atoms with Crippen LogP contribution >= 0.6 is 0 Å². The molecule has 0 radical (unpaired) electrons. The summed E-state index contributed by atoms with van der Waals surface area (Å²) < 4.78 is 6.14. The van der Waals surface area contributed by atoms with E-state index in [1.165, 1.54) is 0 Å². The van der Waals surface area contributed by atoms with Crippen LogP contribution in [-0.4, -0.2) is 35.5 Å². The lowest BCUT2D eigenvalue weighted by Gasteiger charge is -2.49. The first-order valence-corrected chi connectivity index (χ1v) is 14.8. The Labute approximate surface area is 243 Å². The van der Waals surface area contributed by atoms with Crippen LogP contribution in [0.4, 0.5) is 5.69 Å². The number of benzene rings is 2. The van der Waals surface area contributed by atoms with E-state index in [0.717, 1.165) is 59.5 Å². The van der Waals surface area contributed by atoms with Crippen molar-refractivity contribution in [3.05, 3.63) is 82.2 Å². The van der Waals surface area contributed by atoms with Crippen LogP contribution in [0.5, 0.6) is 5.75 Å². The fraction of sp³-hybridized carbons (Fsp3) is 0.457. The second-order valence-electron chi connectivity index (χ2n) is 13.4. The quantitative estimate of drug-likeness (QED) is 0.395. The van der Waals surface area contributed by atoms with Crippen molar-refractivity contribution in [2.75, 3.05) is 18.5 Å². The number of rotatable bonds is 7. The summed E-state index contributed by atoms with van der Waals surface area (Å²) in [5.74, 6) is -0.0600. The van der Waals surface area contributed by atoms with Gasteiger partial charge in [0.25, 0.3) is 5.91 Å². The normalized spacial score (nSPS) is 20.1. The average molecular weight is 555 g/mol. The van der Waals surface area contributed by atoms with Gasteiger partial charge in [-0.3, -0.25) is 14.4 Å². The van der Waals surface area contributed by atoms with Gasteiger partial charge in [0, 0.05) is 59.1 Å². The Balaban J connectivity index is 1.56. The number of allylic oxidation sites excluding steroid dienone is 4. The Morgan fingerprint density at radius 3 is 2.00 bits per heavy atom. The molecule has 1 aliphatic heterocycles. The van der Waals surface area contributed by atoms with Gasteiger partial charge in [0.15, 0.2) is 18.2 Å². The first-order chi connectivity index (χ1) is 19.4. The second-order valence-corrected chi connectivity index (χ2v) is 13.4. The molecule has 6 nitrogen and oxygen atoms in total. The largest absolute Gasteiger partial charge is 0.483 e. The molecule has 6 heteroatoms. The standard InChI is InChI=1S/C35H42N2O4/c1-7-16-37-25-17-34(3,4)19-27(38)32(25)31(33-26(37)18-35(5,6)20-28(33)39)24-10-8-9-11-29(24)41-21-30(40)36-23-14-12-22(2)13-15-23/h8-15,31H,7,16-21H2,1-6H3,(H,36,40). The van der Waals surface area contributed by atoms with E-state index in [9.17, 15) is 14.4 Å². The Morgan fingerprint density at radius 2 is 1.44 bits per heavy atom. The lowest BCUT2D eigenvalue weighted by atomic mass is 9.63. The maximum Gasteiger partial charge on any atom is 0.262 e. The van der Waals surface area contributed by atoms with Crippen LogP contribution in [0.15, 0.2) is 71.1 Å². The molecule has 2 aromatic rings. The van der Waals surface area contributed by atoms with Gasteiger partial charge >= 0.3 is 0 Å². The molecule has 0 fully saturated rings. The summed E-state index contributed by atoms with van der Waals surface area (Å²) in [5.41, 5.74) is 5.81. The molecular weight excluding hydrogens is 512 g/mol. The van der Waals surface area contributed by atoms with Gasteiger partial charge in [0.1, 0.15) is 5.75 Å². The molecule has 1 N–H and O–H groups in total. The van der Waals surface area contributed by atoms with Gasteiger partial charge in [-0.05, 0) is 55.2 Å². The molecule has 0 saturated carbocycles. The van der Waals surface area contributed by atoms with Crippen LogP contribution in [0, 0.1) is 17.8 Å². The van der Waals surface area contributed by atoms with Gasteiger partial charge in [-0.25, -0.2) is 0 Å². The molecule has 0 saturated heterocycles. The molecular formula is C35H42N2O4. The SMILES string of the molecule is CCCN1C2=C(C(=O)CC(C)(C)C2)C(c2ccccc2OCC(=O)Nc2ccc(C)cc2)C2=C1CC(C)(C)CC2=O. The van der Waals surface area contributed by atoms with Gasteiger partial charge in [-0.1, -0.05) is 70.5 Å². The molecule has 216 valence electrons. The van der Waals surface area contributed by atoms with E-state index in [-0.39, 0.29) is 34.9 Å². The number of nitrogens with zero attached hydrogens (tertiary/aromatic N) is 1. The Bertz CT molecular complexity index is 1390. The predicted octanol–water partition coefficient (Wildman–Crippen LogP) is 7.11. The van der Waals surface area contributed by atoms with Crippen molar-refractivity contribution < 1.29 is 19.1 Å². The van der Waals surface area contributed by atoms with E-state index in [1.807, 2.05) is 55.5 Å². The Hall–Kier alpha value is -3.67. The van der Waals surface area contributed by atoms with Crippen LogP contribution in [0.25, 0.3) is 0 Å². The topological polar surface area (TPSA) is 75.7 Å². The lowest BCUT2D eigenvalue weighted by molar-refractivity contribution is -0.120. The van der Waals surface area contributed by atoms with Crippen LogP contribution in [-0.2, 0) is 14.4 Å². The third kappa shape index (κ3) is 5.88. The molecule has 1 amide bonds. The minimum Gasteiger partial charge on any atom is -0.483 e. The summed E-state index contributed by atoms with van der Waals surface area (Å²) in [6, 6.07) is 15.2. The molecule has 5 rings (SSSR count). The fourth-order valence-corrected chi connectivity index (χ4v) is 6.68. The highest BCUT2D eigenvalue weighted by molar-refractivity contribution is 6.07. The first kappa shape index (κ1) is 28.8. The maximum absolute atomic E-state index is 14.0. The molecule has 3 aliphatic rings. The number of nitrogens with one attached hydrogen (secondary N) is 1. The zero-order chi connectivity index (χ0) is 29.5. The molecule has 2 aliphatic carbocycles. The zero-order valence-corrected chi connectivity index (χ0v) is 25.2. The van der Waals surface area contributed by atoms with Crippen molar-refractivity contribution in [3.8, 4) is 5.75 Å². The van der Waals surface area contributed by atoms with Crippen molar-refractivity contribution >= 4 is 23.2 Å². The number of ketones is 2. The molecule has 0 spiro atoms. The number of hydrogen-bond acceptors (Lipinski definition) is 5. The number of carbonyl (C=O) groups excluding carboxylic acids is 3. The Morgan fingerprint density at radius 1 is 0.878 bits per heavy atom. The first-order valence-electron chi connectivity index (χ1n) is 14.8. The summed E-state index contributed by atoms with van der Waals surface area (Å²) in [4.78, 5) is 43.0. The summed E-state index contributed by atoms with van der Waals surface area (Å²) >= 11 is 0. The summed E-state index contributed by atoms with van der Waals surface area (Å²) in [6.07, 6.45) is 3.34. The van der Waals surface area contributed by atoms with E-state index in [0.29, 0.717) is 24.3 Å². The van der Waals surface area contributed by atoms with Gasteiger partial charge in [-0.2, -0.15) is 0 Å². The summed E-state index contributed by atoms with van der Waals surface area (Å²) in [7, 11) is 0. The van der Waals surface area contributed by atoms with Crippen LogP contribution in [0.2, 0.25) is 0 Å². The third-order valence-corrected chi connectivity index (χ3v) is 8.39. The molecule has 0 atom stereocenters. The van der Waals surface area contributed by atoms with E-state index in [2.05, 4.69) is 44.8 Å². The third-order valence-electron chi connectivity index (χ3n) is 8.39. The smallest absolute Gasteiger partial charge is 0.262 e. The number of para-hydroxylation sites is 1. The lowest BCUT2D eigenvalue weighted by Crippen LogP contribution is -2.44. The molecule has 2 aromatic carbocycles. The van der Waals surface area contributed by atoms with Gasteiger partial charge in [0.05, 0.1) is 0 Å². The summed E-state index contributed by atoms with van der Waals surface area (Å²) in [6.45, 7) is 13.3. The van der Waals surface area contributed by atoms with Crippen molar-refractivity contribution in [3.63, 3.8) is 0 Å². The van der Waals surface area contributed by atoms with E-state index in [1.54, 1.807) is 0 Å². The van der Waals surface area contributed by atoms with Crippen LogP contribution in [0.3, 0.4) is 0 Å². The maximum atomic E-state index is 14.0. The van der Waals surface area contributed by atoms with Gasteiger partial charge < -0.3 is 15.0 Å². The number of hydrogen-bond donors (Lipinski definition) is 1. The highest BCUT2D eigenvalue weighted by atomic mass is 16.5. The predicted molar refractivity (Wildman–Crippen MR) is 162 cm³/mol. The summed E-state index contributed by atoms with van der Waals surface area (Å²) in [5, 5.41) is 2.88. The van der Waals surface area contributed by atoms with Gasteiger partial charge in [-0.15, -0.1) is 0 Å². The van der Waals surface area contributed by atoms with E-state index < -0.39 is 5.92 Å². The number of Topliss-reactive ketones (excluding diaryl/α,β-unsaturated/α-hetero) is 2. The highest BCUT2D eigenvalue weighted by Crippen LogP contribution is 2.55. The molecule has 0 unspecified atom stereocenters. The molecule has 41 heavy (non-hydrogen) atoms.